The van der Waals surface area contributed by atoms with Gasteiger partial charge in [-0.05, 0) is 24.3 Å². The normalized spacial score (nSPS) is 14.2. The van der Waals surface area contributed by atoms with Crippen molar-refractivity contribution in [2.75, 3.05) is 33.3 Å². The summed E-state index contributed by atoms with van der Waals surface area (Å²) in [7, 11) is 1.56. The molecule has 0 unspecified atom stereocenters. The van der Waals surface area contributed by atoms with Crippen LogP contribution in [-0.2, 0) is 0 Å². The number of ether oxygens (including phenoxy) is 1. The van der Waals surface area contributed by atoms with Crippen LogP contribution in [0.2, 0.25) is 20.2 Å². The molecule has 2 aromatic rings. The van der Waals surface area contributed by atoms with E-state index in [1.165, 1.54) is 0 Å². The van der Waals surface area contributed by atoms with E-state index in [9.17, 15) is 9.59 Å². The summed E-state index contributed by atoms with van der Waals surface area (Å²) in [6, 6.07) is 6.88. The van der Waals surface area contributed by atoms with Gasteiger partial charge in [-0.25, -0.2) is 4.98 Å². The van der Waals surface area contributed by atoms with E-state index in [0.29, 0.717) is 37.5 Å². The number of halogens is 4. The molecular formula is C18H15Cl4N3O3. The van der Waals surface area contributed by atoms with Crippen LogP contribution in [0, 0.1) is 0 Å². The number of benzene rings is 1. The maximum atomic E-state index is 12.8. The Balaban J connectivity index is 1.68. The number of methoxy groups -OCH3 is 1. The van der Waals surface area contributed by atoms with Crippen LogP contribution in [0.25, 0.3) is 0 Å². The van der Waals surface area contributed by atoms with Crippen molar-refractivity contribution in [1.29, 1.82) is 0 Å². The Morgan fingerprint density at radius 1 is 0.857 bits per heavy atom. The summed E-state index contributed by atoms with van der Waals surface area (Å²) in [6.45, 7) is 1.42. The van der Waals surface area contributed by atoms with Crippen molar-refractivity contribution in [3.8, 4) is 5.75 Å². The van der Waals surface area contributed by atoms with Gasteiger partial charge in [0.05, 0.1) is 22.2 Å². The van der Waals surface area contributed by atoms with Crippen molar-refractivity contribution in [3.63, 3.8) is 0 Å². The highest BCUT2D eigenvalue weighted by atomic mass is 35.5. The van der Waals surface area contributed by atoms with Crippen LogP contribution in [0.5, 0.6) is 5.75 Å². The van der Waals surface area contributed by atoms with E-state index in [1.807, 2.05) is 0 Å². The summed E-state index contributed by atoms with van der Waals surface area (Å²) in [5, 5.41) is -0.148. The largest absolute Gasteiger partial charge is 0.497 e. The van der Waals surface area contributed by atoms with Gasteiger partial charge in [0, 0.05) is 31.7 Å². The summed E-state index contributed by atoms with van der Waals surface area (Å²) < 4.78 is 5.10. The first-order valence-corrected chi connectivity index (χ1v) is 9.77. The third kappa shape index (κ3) is 4.15. The maximum Gasteiger partial charge on any atom is 0.274 e. The zero-order valence-electron chi connectivity index (χ0n) is 14.7. The van der Waals surface area contributed by atoms with Crippen LogP contribution in [0.15, 0.2) is 24.3 Å². The van der Waals surface area contributed by atoms with Crippen LogP contribution < -0.4 is 4.74 Å². The van der Waals surface area contributed by atoms with Crippen LogP contribution in [0.1, 0.15) is 20.8 Å². The second-order valence-electron chi connectivity index (χ2n) is 6.01. The Labute approximate surface area is 181 Å². The fourth-order valence-corrected chi connectivity index (χ4v) is 3.62. The van der Waals surface area contributed by atoms with Gasteiger partial charge in [0.1, 0.15) is 16.6 Å². The van der Waals surface area contributed by atoms with Crippen molar-refractivity contribution in [2.24, 2.45) is 0 Å². The molecular weight excluding hydrogens is 448 g/mol. The predicted molar refractivity (Wildman–Crippen MR) is 109 cm³/mol. The quantitative estimate of drug-likeness (QED) is 0.638. The average molecular weight is 463 g/mol. The topological polar surface area (TPSA) is 62.7 Å². The highest BCUT2D eigenvalue weighted by molar-refractivity contribution is 6.52. The molecule has 1 saturated heterocycles. The van der Waals surface area contributed by atoms with Crippen molar-refractivity contribution in [1.82, 2.24) is 14.8 Å². The molecule has 148 valence electrons. The number of hydrogen-bond acceptors (Lipinski definition) is 4. The zero-order chi connectivity index (χ0) is 20.4. The van der Waals surface area contributed by atoms with Crippen LogP contribution in [0.4, 0.5) is 0 Å². The molecule has 6 nitrogen and oxygen atoms in total. The molecule has 1 aliphatic heterocycles. The molecule has 0 aliphatic carbocycles. The summed E-state index contributed by atoms with van der Waals surface area (Å²) in [5.41, 5.74) is 0.498. The molecule has 1 aromatic carbocycles. The molecule has 10 heteroatoms. The van der Waals surface area contributed by atoms with E-state index < -0.39 is 5.91 Å². The first-order chi connectivity index (χ1) is 13.3. The number of carbonyl (C=O) groups is 2. The highest BCUT2D eigenvalue weighted by Crippen LogP contribution is 2.36. The molecule has 0 N–H and O–H groups in total. The Morgan fingerprint density at radius 3 is 1.93 bits per heavy atom. The average Bonchev–Trinajstić information content (AvgIpc) is 2.74. The minimum atomic E-state index is -0.415. The number of aromatic nitrogens is 1. The van der Waals surface area contributed by atoms with Crippen LogP contribution in [0.3, 0.4) is 0 Å². The lowest BCUT2D eigenvalue weighted by Gasteiger charge is -2.34. The SMILES string of the molecule is COc1ccc(C(=O)N2CCN(C(=O)c3nc(Cl)c(Cl)c(Cl)c3Cl)CC2)cc1. The van der Waals surface area contributed by atoms with Crippen LogP contribution >= 0.6 is 46.4 Å². The Kier molecular flexibility index (Phi) is 6.55. The molecule has 0 spiro atoms. The molecule has 3 rings (SSSR count). The zero-order valence-corrected chi connectivity index (χ0v) is 17.7. The molecule has 2 amide bonds. The van der Waals surface area contributed by atoms with Gasteiger partial charge in [0.2, 0.25) is 0 Å². The number of hydrogen-bond donors (Lipinski definition) is 0. The summed E-state index contributed by atoms with van der Waals surface area (Å²) >= 11 is 23.9. The number of piperazine rings is 1. The molecule has 0 radical (unpaired) electrons. The first-order valence-electron chi connectivity index (χ1n) is 8.26. The fourth-order valence-electron chi connectivity index (χ4n) is 2.81. The molecule has 1 aliphatic rings. The third-order valence-electron chi connectivity index (χ3n) is 4.38. The van der Waals surface area contributed by atoms with Gasteiger partial charge in [-0.2, -0.15) is 0 Å². The summed E-state index contributed by atoms with van der Waals surface area (Å²) in [5.74, 6) is 0.155. The Morgan fingerprint density at radius 2 is 1.39 bits per heavy atom. The van der Waals surface area contributed by atoms with Gasteiger partial charge < -0.3 is 14.5 Å². The smallest absolute Gasteiger partial charge is 0.274 e. The Bertz CT molecular complexity index is 913. The number of rotatable bonds is 3. The molecule has 0 atom stereocenters. The van der Waals surface area contributed by atoms with Gasteiger partial charge in [-0.15, -0.1) is 0 Å². The van der Waals surface area contributed by atoms with E-state index >= 15 is 0 Å². The Hall–Kier alpha value is -1.73. The number of pyridine rings is 1. The summed E-state index contributed by atoms with van der Waals surface area (Å²) in [6.07, 6.45) is 0. The summed E-state index contributed by atoms with van der Waals surface area (Å²) in [4.78, 5) is 32.6. The van der Waals surface area contributed by atoms with Crippen LogP contribution in [-0.4, -0.2) is 59.9 Å². The minimum absolute atomic E-state index is 0.000194. The third-order valence-corrected chi connectivity index (χ3v) is 6.06. The van der Waals surface area contributed by atoms with Crippen molar-refractivity contribution in [3.05, 3.63) is 55.7 Å². The molecule has 0 bridgehead atoms. The number of carbonyl (C=O) groups excluding carboxylic acids is 2. The van der Waals surface area contributed by atoms with Gasteiger partial charge >= 0.3 is 0 Å². The monoisotopic (exact) mass is 461 g/mol. The lowest BCUT2D eigenvalue weighted by atomic mass is 10.1. The van der Waals surface area contributed by atoms with Crippen molar-refractivity contribution in [2.45, 2.75) is 0 Å². The van der Waals surface area contributed by atoms with E-state index in [4.69, 9.17) is 51.1 Å². The van der Waals surface area contributed by atoms with Gasteiger partial charge in [-0.1, -0.05) is 46.4 Å². The fraction of sp³-hybridized carbons (Fsp3) is 0.278. The van der Waals surface area contributed by atoms with E-state index in [-0.39, 0.29) is 31.8 Å². The highest BCUT2D eigenvalue weighted by Gasteiger charge is 2.29. The molecule has 28 heavy (non-hydrogen) atoms. The van der Waals surface area contributed by atoms with Crippen molar-refractivity contribution < 1.29 is 14.3 Å². The number of nitrogens with zero attached hydrogens (tertiary/aromatic N) is 3. The van der Waals surface area contributed by atoms with Crippen molar-refractivity contribution >= 4 is 58.2 Å². The number of amides is 2. The lowest BCUT2D eigenvalue weighted by molar-refractivity contribution is 0.0532. The van der Waals surface area contributed by atoms with E-state index in [1.54, 1.807) is 41.2 Å². The first kappa shape index (κ1) is 21.0. The second-order valence-corrected chi connectivity index (χ2v) is 7.50. The standard InChI is InChI=1S/C18H15Cl4N3O3/c1-28-11-4-2-10(3-5-11)17(26)24-6-8-25(9-7-24)18(27)15-13(20)12(19)14(21)16(22)23-15/h2-5H,6-9H2,1H3. The van der Waals surface area contributed by atoms with Gasteiger partial charge in [0.25, 0.3) is 11.8 Å². The van der Waals surface area contributed by atoms with Gasteiger partial charge in [-0.3, -0.25) is 9.59 Å². The molecule has 2 heterocycles. The predicted octanol–water partition coefficient (Wildman–Crippen LogP) is 4.30. The maximum absolute atomic E-state index is 12.8. The minimum Gasteiger partial charge on any atom is -0.497 e. The molecule has 1 aromatic heterocycles. The van der Waals surface area contributed by atoms with E-state index in [0.717, 1.165) is 0 Å². The molecule has 0 saturated carbocycles. The van der Waals surface area contributed by atoms with Gasteiger partial charge in [0.15, 0.2) is 0 Å². The lowest BCUT2D eigenvalue weighted by Crippen LogP contribution is -2.50. The second kappa shape index (κ2) is 8.74. The molecule has 1 fully saturated rings. The van der Waals surface area contributed by atoms with E-state index in [2.05, 4.69) is 4.98 Å².